The molecule has 6 nitrogen and oxygen atoms in total. The minimum atomic E-state index is -0.614. The van der Waals surface area contributed by atoms with Crippen LogP contribution in [0.4, 0.5) is 26.5 Å². The normalized spacial score (nSPS) is 10.1. The molecule has 1 amide bonds. The summed E-state index contributed by atoms with van der Waals surface area (Å²) in [5.74, 6) is 0.475. The van der Waals surface area contributed by atoms with Gasteiger partial charge in [-0.3, -0.25) is 5.32 Å². The molecular formula is C15H17FN4O2. The number of pyridine rings is 1. The highest BCUT2D eigenvalue weighted by atomic mass is 19.1. The maximum absolute atomic E-state index is 12.8. The van der Waals surface area contributed by atoms with E-state index in [9.17, 15) is 9.18 Å². The predicted molar refractivity (Wildman–Crippen MR) is 83.0 cm³/mol. The lowest BCUT2D eigenvalue weighted by atomic mass is 10.2. The molecule has 0 spiro atoms. The maximum atomic E-state index is 12.8. The van der Waals surface area contributed by atoms with Gasteiger partial charge in [-0.2, -0.15) is 0 Å². The first-order chi connectivity index (χ1) is 10.6. The van der Waals surface area contributed by atoms with Gasteiger partial charge in [0, 0.05) is 6.54 Å². The number of hydrogen-bond donors (Lipinski definition) is 3. The van der Waals surface area contributed by atoms with Crippen LogP contribution in [0, 0.1) is 5.82 Å². The zero-order valence-electron chi connectivity index (χ0n) is 12.1. The van der Waals surface area contributed by atoms with Gasteiger partial charge in [0.05, 0.1) is 12.3 Å². The lowest BCUT2D eigenvalue weighted by Crippen LogP contribution is -2.16. The van der Waals surface area contributed by atoms with Crippen molar-refractivity contribution >= 4 is 23.4 Å². The van der Waals surface area contributed by atoms with Gasteiger partial charge >= 0.3 is 6.09 Å². The zero-order valence-corrected chi connectivity index (χ0v) is 12.1. The van der Waals surface area contributed by atoms with Gasteiger partial charge in [0.1, 0.15) is 11.6 Å². The number of nitrogens with one attached hydrogen (secondary N) is 2. The van der Waals surface area contributed by atoms with Gasteiger partial charge in [-0.1, -0.05) is 12.1 Å². The Morgan fingerprint density at radius 1 is 1.27 bits per heavy atom. The average molecular weight is 304 g/mol. The molecule has 0 bridgehead atoms. The van der Waals surface area contributed by atoms with E-state index < -0.39 is 6.09 Å². The van der Waals surface area contributed by atoms with Gasteiger partial charge in [0.2, 0.25) is 0 Å². The predicted octanol–water partition coefficient (Wildman–Crippen LogP) is 2.98. The molecule has 2 rings (SSSR count). The molecular weight excluding hydrogens is 287 g/mol. The van der Waals surface area contributed by atoms with Gasteiger partial charge in [0.25, 0.3) is 0 Å². The lowest BCUT2D eigenvalue weighted by Gasteiger charge is -2.10. The fourth-order valence-corrected chi connectivity index (χ4v) is 1.73. The Balaban J connectivity index is 2.02. The summed E-state index contributed by atoms with van der Waals surface area (Å²) in [6.07, 6.45) is -0.614. The lowest BCUT2D eigenvalue weighted by molar-refractivity contribution is 0.168. The number of rotatable bonds is 5. The van der Waals surface area contributed by atoms with E-state index in [0.29, 0.717) is 18.1 Å². The Bertz CT molecular complexity index is 646. The first-order valence-electron chi connectivity index (χ1n) is 6.77. The molecule has 2 aromatic rings. The van der Waals surface area contributed by atoms with Crippen LogP contribution in [0.3, 0.4) is 0 Å². The molecule has 0 unspecified atom stereocenters. The van der Waals surface area contributed by atoms with Crippen molar-refractivity contribution in [2.75, 3.05) is 23.0 Å². The molecule has 4 N–H and O–H groups in total. The number of nitrogens with zero attached hydrogens (tertiary/aromatic N) is 1. The third-order valence-corrected chi connectivity index (χ3v) is 2.81. The molecule has 22 heavy (non-hydrogen) atoms. The number of hydrogen-bond acceptors (Lipinski definition) is 5. The van der Waals surface area contributed by atoms with Crippen LogP contribution in [-0.4, -0.2) is 17.7 Å². The van der Waals surface area contributed by atoms with Crippen molar-refractivity contribution < 1.29 is 13.9 Å². The van der Waals surface area contributed by atoms with E-state index in [-0.39, 0.29) is 18.2 Å². The Morgan fingerprint density at radius 2 is 2.00 bits per heavy atom. The first-order valence-corrected chi connectivity index (χ1v) is 6.77. The molecule has 1 aromatic heterocycles. The van der Waals surface area contributed by atoms with Crippen molar-refractivity contribution in [1.82, 2.24) is 4.98 Å². The molecule has 1 aromatic carbocycles. The number of carbonyl (C=O) groups excluding carboxylic acids is 1. The Labute approximate surface area is 127 Å². The smallest absolute Gasteiger partial charge is 0.412 e. The summed E-state index contributed by atoms with van der Waals surface area (Å²) in [5.41, 5.74) is 6.99. The number of halogens is 1. The largest absolute Gasteiger partial charge is 0.450 e. The molecule has 0 saturated heterocycles. The summed E-state index contributed by atoms with van der Waals surface area (Å²) in [4.78, 5) is 15.6. The summed E-state index contributed by atoms with van der Waals surface area (Å²) >= 11 is 0. The van der Waals surface area contributed by atoms with Crippen LogP contribution in [0.25, 0.3) is 0 Å². The van der Waals surface area contributed by atoms with Gasteiger partial charge in [-0.05, 0) is 36.8 Å². The van der Waals surface area contributed by atoms with E-state index >= 15 is 0 Å². The highest BCUT2D eigenvalue weighted by Gasteiger charge is 2.08. The molecule has 0 aliphatic rings. The van der Waals surface area contributed by atoms with E-state index in [4.69, 9.17) is 10.5 Å². The van der Waals surface area contributed by atoms with Crippen LogP contribution >= 0.6 is 0 Å². The van der Waals surface area contributed by atoms with Crippen LogP contribution in [-0.2, 0) is 11.3 Å². The number of ether oxygens (including phenoxy) is 1. The summed E-state index contributed by atoms with van der Waals surface area (Å²) in [7, 11) is 0. The molecule has 0 aliphatic carbocycles. The topological polar surface area (TPSA) is 89.3 Å². The van der Waals surface area contributed by atoms with E-state index in [2.05, 4.69) is 15.6 Å². The van der Waals surface area contributed by atoms with E-state index in [1.54, 1.807) is 31.2 Å². The molecule has 0 atom stereocenters. The molecule has 0 fully saturated rings. The van der Waals surface area contributed by atoms with Crippen LogP contribution < -0.4 is 16.4 Å². The standard InChI is InChI=1S/C15H17FN4O2/c1-2-22-15(21)20-14-12(17)7-8-13(19-14)18-9-10-3-5-11(16)6-4-10/h3-8H,2,9,17H2,1H3,(H2,18,19,20,21). The average Bonchev–Trinajstić information content (AvgIpc) is 2.50. The van der Waals surface area contributed by atoms with Crippen molar-refractivity contribution in [3.8, 4) is 0 Å². The summed E-state index contributed by atoms with van der Waals surface area (Å²) in [6, 6.07) is 9.45. The Morgan fingerprint density at radius 3 is 2.68 bits per heavy atom. The second kappa shape index (κ2) is 7.26. The number of amides is 1. The van der Waals surface area contributed by atoms with Crippen molar-refractivity contribution in [1.29, 1.82) is 0 Å². The zero-order chi connectivity index (χ0) is 15.9. The quantitative estimate of drug-likeness (QED) is 0.790. The van der Waals surface area contributed by atoms with E-state index in [0.717, 1.165) is 5.56 Å². The molecule has 0 aliphatic heterocycles. The minimum Gasteiger partial charge on any atom is -0.450 e. The highest BCUT2D eigenvalue weighted by molar-refractivity contribution is 5.87. The third kappa shape index (κ3) is 4.34. The van der Waals surface area contributed by atoms with Crippen molar-refractivity contribution in [2.24, 2.45) is 0 Å². The minimum absolute atomic E-state index is 0.225. The fraction of sp³-hybridized carbons (Fsp3) is 0.200. The number of aromatic nitrogens is 1. The molecule has 0 saturated carbocycles. The van der Waals surface area contributed by atoms with Crippen LogP contribution in [0.1, 0.15) is 12.5 Å². The maximum Gasteiger partial charge on any atom is 0.412 e. The molecule has 7 heteroatoms. The number of nitrogens with two attached hydrogens (primary N) is 1. The number of carbonyl (C=O) groups is 1. The third-order valence-electron chi connectivity index (χ3n) is 2.81. The van der Waals surface area contributed by atoms with E-state index in [1.807, 2.05) is 0 Å². The first kappa shape index (κ1) is 15.6. The van der Waals surface area contributed by atoms with Crippen LogP contribution in [0.2, 0.25) is 0 Å². The van der Waals surface area contributed by atoms with Crippen LogP contribution in [0.5, 0.6) is 0 Å². The monoisotopic (exact) mass is 304 g/mol. The highest BCUT2D eigenvalue weighted by Crippen LogP contribution is 2.19. The number of benzene rings is 1. The van der Waals surface area contributed by atoms with Crippen molar-refractivity contribution in [2.45, 2.75) is 13.5 Å². The molecule has 0 radical (unpaired) electrons. The fourth-order valence-electron chi connectivity index (χ4n) is 1.73. The molecule has 116 valence electrons. The summed E-state index contributed by atoms with van der Waals surface area (Å²) in [5, 5.41) is 5.54. The summed E-state index contributed by atoms with van der Waals surface area (Å²) < 4.78 is 17.6. The van der Waals surface area contributed by atoms with E-state index in [1.165, 1.54) is 12.1 Å². The Kier molecular flexibility index (Phi) is 5.13. The summed E-state index contributed by atoms with van der Waals surface area (Å²) in [6.45, 7) is 2.43. The number of nitrogen functional groups attached to an aromatic ring is 1. The van der Waals surface area contributed by atoms with Gasteiger partial charge in [-0.15, -0.1) is 0 Å². The van der Waals surface area contributed by atoms with Gasteiger partial charge < -0.3 is 15.8 Å². The molecule has 1 heterocycles. The van der Waals surface area contributed by atoms with Crippen molar-refractivity contribution in [3.05, 3.63) is 47.8 Å². The second-order valence-corrected chi connectivity index (χ2v) is 4.46. The van der Waals surface area contributed by atoms with Gasteiger partial charge in [0.15, 0.2) is 5.82 Å². The SMILES string of the molecule is CCOC(=O)Nc1nc(NCc2ccc(F)cc2)ccc1N. The van der Waals surface area contributed by atoms with Gasteiger partial charge in [-0.25, -0.2) is 14.2 Å². The van der Waals surface area contributed by atoms with Crippen molar-refractivity contribution in [3.63, 3.8) is 0 Å². The Hall–Kier alpha value is -2.83. The number of anilines is 3. The van der Waals surface area contributed by atoms with Crippen LogP contribution in [0.15, 0.2) is 36.4 Å². The second-order valence-electron chi connectivity index (χ2n) is 4.46.